The summed E-state index contributed by atoms with van der Waals surface area (Å²) in [6.07, 6.45) is 6.26. The number of likely N-dealkylation sites (tertiary alicyclic amines) is 1. The first-order valence-corrected chi connectivity index (χ1v) is 10.2. The van der Waals surface area contributed by atoms with Crippen molar-refractivity contribution in [2.24, 2.45) is 0 Å². The molecule has 2 atom stereocenters. The molecule has 1 unspecified atom stereocenters. The first-order valence-electron chi connectivity index (χ1n) is 10.2. The summed E-state index contributed by atoms with van der Waals surface area (Å²) >= 11 is 0. The van der Waals surface area contributed by atoms with Crippen LogP contribution in [0, 0.1) is 0 Å². The van der Waals surface area contributed by atoms with Crippen molar-refractivity contribution >= 4 is 22.9 Å². The van der Waals surface area contributed by atoms with E-state index in [1.807, 2.05) is 18.2 Å². The average Bonchev–Trinajstić information content (AvgIpc) is 3.55. The fourth-order valence-electron chi connectivity index (χ4n) is 4.20. The molecule has 1 aliphatic heterocycles. The number of carbonyl (C=O) groups excluding carboxylic acids is 1. The SMILES string of the molecule is O=C(NC1C[C@H](Cn2cccn2)N(C(=O)O)C1)c1ccc(-c2cccc3[nH]ncc23)nc1. The first-order chi connectivity index (χ1) is 15.6. The van der Waals surface area contributed by atoms with E-state index < -0.39 is 6.09 Å². The van der Waals surface area contributed by atoms with Gasteiger partial charge in [0.15, 0.2) is 0 Å². The summed E-state index contributed by atoms with van der Waals surface area (Å²) in [5.41, 5.74) is 3.01. The van der Waals surface area contributed by atoms with Gasteiger partial charge in [0.05, 0.1) is 35.6 Å². The summed E-state index contributed by atoms with van der Waals surface area (Å²) in [6.45, 7) is 0.683. The minimum absolute atomic E-state index is 0.237. The second-order valence-corrected chi connectivity index (χ2v) is 7.79. The Kier molecular flexibility index (Phi) is 5.02. The van der Waals surface area contributed by atoms with Gasteiger partial charge in [-0.05, 0) is 30.7 Å². The van der Waals surface area contributed by atoms with Crippen molar-refractivity contribution in [3.63, 3.8) is 0 Å². The lowest BCUT2D eigenvalue weighted by molar-refractivity contribution is 0.0935. The van der Waals surface area contributed by atoms with E-state index in [2.05, 4.69) is 25.6 Å². The van der Waals surface area contributed by atoms with Gasteiger partial charge in [-0.25, -0.2) is 4.79 Å². The van der Waals surface area contributed by atoms with E-state index in [0.29, 0.717) is 18.5 Å². The van der Waals surface area contributed by atoms with Crippen molar-refractivity contribution in [1.29, 1.82) is 0 Å². The smallest absolute Gasteiger partial charge is 0.407 e. The standard InChI is InChI=1S/C22H21N7O3/c30-21(26-15-9-16(29(12-15)22(31)32)13-28-8-2-7-25-28)14-5-6-19(23-10-14)17-3-1-4-20-18(17)11-24-27-20/h1-8,10-11,15-16H,9,12-13H2,(H,24,27)(H,26,30)(H,31,32)/t15?,16-/m1/s1. The highest BCUT2D eigenvalue weighted by atomic mass is 16.4. The van der Waals surface area contributed by atoms with Gasteiger partial charge < -0.3 is 15.3 Å². The van der Waals surface area contributed by atoms with Crippen LogP contribution < -0.4 is 5.32 Å². The molecule has 32 heavy (non-hydrogen) atoms. The lowest BCUT2D eigenvalue weighted by Crippen LogP contribution is -2.39. The summed E-state index contributed by atoms with van der Waals surface area (Å²) in [5, 5.41) is 24.6. The van der Waals surface area contributed by atoms with Crippen molar-refractivity contribution in [2.75, 3.05) is 6.54 Å². The molecule has 10 heteroatoms. The summed E-state index contributed by atoms with van der Waals surface area (Å²) < 4.78 is 1.70. The maximum Gasteiger partial charge on any atom is 0.407 e. The summed E-state index contributed by atoms with van der Waals surface area (Å²) in [6, 6.07) is 10.6. The molecule has 4 heterocycles. The second-order valence-electron chi connectivity index (χ2n) is 7.79. The number of rotatable bonds is 5. The number of hydrogen-bond acceptors (Lipinski definition) is 5. The van der Waals surface area contributed by atoms with Gasteiger partial charge in [-0.1, -0.05) is 12.1 Å². The molecule has 1 aliphatic rings. The van der Waals surface area contributed by atoms with Crippen LogP contribution in [0.15, 0.2) is 61.2 Å². The molecule has 1 fully saturated rings. The van der Waals surface area contributed by atoms with Crippen LogP contribution in [0.3, 0.4) is 0 Å². The van der Waals surface area contributed by atoms with Crippen molar-refractivity contribution in [3.05, 3.63) is 66.7 Å². The Bertz CT molecular complexity index is 1250. The van der Waals surface area contributed by atoms with Crippen molar-refractivity contribution < 1.29 is 14.7 Å². The molecule has 0 bridgehead atoms. The third-order valence-corrected chi connectivity index (χ3v) is 5.74. The van der Waals surface area contributed by atoms with Crippen LogP contribution in [0.1, 0.15) is 16.8 Å². The average molecular weight is 431 g/mol. The van der Waals surface area contributed by atoms with Gasteiger partial charge in [0.25, 0.3) is 5.91 Å². The van der Waals surface area contributed by atoms with Crippen LogP contribution in [-0.4, -0.2) is 65.6 Å². The lowest BCUT2D eigenvalue weighted by atomic mass is 10.1. The quantitative estimate of drug-likeness (QED) is 0.445. The van der Waals surface area contributed by atoms with E-state index in [9.17, 15) is 14.7 Å². The van der Waals surface area contributed by atoms with Gasteiger partial charge in [0.1, 0.15) is 0 Å². The monoisotopic (exact) mass is 431 g/mol. The van der Waals surface area contributed by atoms with E-state index >= 15 is 0 Å². The lowest BCUT2D eigenvalue weighted by Gasteiger charge is -2.20. The fourth-order valence-corrected chi connectivity index (χ4v) is 4.20. The van der Waals surface area contributed by atoms with Crippen LogP contribution in [0.2, 0.25) is 0 Å². The molecule has 0 saturated carbocycles. The number of nitrogens with zero attached hydrogens (tertiary/aromatic N) is 5. The van der Waals surface area contributed by atoms with E-state index in [1.54, 1.807) is 41.5 Å². The number of carbonyl (C=O) groups is 2. The largest absolute Gasteiger partial charge is 0.465 e. The molecule has 0 radical (unpaired) electrons. The van der Waals surface area contributed by atoms with Crippen LogP contribution >= 0.6 is 0 Å². The van der Waals surface area contributed by atoms with Gasteiger partial charge >= 0.3 is 6.09 Å². The Balaban J connectivity index is 1.27. The predicted molar refractivity (Wildman–Crippen MR) is 116 cm³/mol. The molecular weight excluding hydrogens is 410 g/mol. The van der Waals surface area contributed by atoms with E-state index in [4.69, 9.17) is 0 Å². The highest BCUT2D eigenvalue weighted by molar-refractivity contribution is 5.96. The summed E-state index contributed by atoms with van der Waals surface area (Å²) in [4.78, 5) is 30.2. The van der Waals surface area contributed by atoms with Crippen molar-refractivity contribution in [2.45, 2.75) is 25.0 Å². The minimum atomic E-state index is -1.00. The number of benzene rings is 1. The zero-order valence-corrected chi connectivity index (χ0v) is 17.0. The Morgan fingerprint density at radius 1 is 1.19 bits per heavy atom. The van der Waals surface area contributed by atoms with Crippen LogP contribution in [0.5, 0.6) is 0 Å². The Morgan fingerprint density at radius 2 is 2.09 bits per heavy atom. The third kappa shape index (κ3) is 3.78. The Morgan fingerprint density at radius 3 is 2.84 bits per heavy atom. The number of aromatic nitrogens is 5. The van der Waals surface area contributed by atoms with Crippen molar-refractivity contribution in [3.8, 4) is 11.3 Å². The van der Waals surface area contributed by atoms with E-state index in [1.165, 1.54) is 11.1 Å². The minimum Gasteiger partial charge on any atom is -0.465 e. The van der Waals surface area contributed by atoms with E-state index in [-0.39, 0.29) is 24.5 Å². The number of fused-ring (bicyclic) bond motifs is 1. The molecule has 10 nitrogen and oxygen atoms in total. The highest BCUT2D eigenvalue weighted by Gasteiger charge is 2.36. The number of hydrogen-bond donors (Lipinski definition) is 3. The van der Waals surface area contributed by atoms with Crippen LogP contribution in [-0.2, 0) is 6.54 Å². The molecule has 4 aromatic rings. The van der Waals surface area contributed by atoms with Gasteiger partial charge in [-0.2, -0.15) is 10.2 Å². The fraction of sp³-hybridized carbons (Fsp3) is 0.227. The topological polar surface area (TPSA) is 129 Å². The summed E-state index contributed by atoms with van der Waals surface area (Å²) in [7, 11) is 0. The molecule has 162 valence electrons. The third-order valence-electron chi connectivity index (χ3n) is 5.74. The number of carboxylic acid groups (broad SMARTS) is 1. The number of H-pyrrole nitrogens is 1. The normalized spacial score (nSPS) is 18.2. The number of aromatic amines is 1. The van der Waals surface area contributed by atoms with E-state index in [0.717, 1.165) is 22.2 Å². The summed E-state index contributed by atoms with van der Waals surface area (Å²) in [5.74, 6) is -0.277. The second kappa shape index (κ2) is 8.14. The molecule has 0 spiro atoms. The highest BCUT2D eigenvalue weighted by Crippen LogP contribution is 2.26. The number of amides is 2. The molecule has 3 N–H and O–H groups in total. The predicted octanol–water partition coefficient (Wildman–Crippen LogP) is 2.37. The van der Waals surface area contributed by atoms with Crippen LogP contribution in [0.4, 0.5) is 4.79 Å². The molecule has 1 aromatic carbocycles. The first kappa shape index (κ1) is 19.7. The van der Waals surface area contributed by atoms with Gasteiger partial charge in [0.2, 0.25) is 0 Å². The van der Waals surface area contributed by atoms with Gasteiger partial charge in [-0.3, -0.25) is 19.6 Å². The zero-order valence-electron chi connectivity index (χ0n) is 17.0. The maximum absolute atomic E-state index is 12.8. The molecule has 5 rings (SSSR count). The Labute approximate surface area is 182 Å². The van der Waals surface area contributed by atoms with Crippen LogP contribution in [0.25, 0.3) is 22.2 Å². The zero-order chi connectivity index (χ0) is 22.1. The van der Waals surface area contributed by atoms with Gasteiger partial charge in [-0.15, -0.1) is 0 Å². The molecular formula is C22H21N7O3. The molecule has 3 aromatic heterocycles. The van der Waals surface area contributed by atoms with Gasteiger partial charge in [0, 0.05) is 42.1 Å². The molecule has 2 amide bonds. The number of nitrogens with one attached hydrogen (secondary N) is 2. The Hall–Kier alpha value is -4.21. The molecule has 1 saturated heterocycles. The number of pyridine rings is 1. The van der Waals surface area contributed by atoms with Crippen molar-refractivity contribution in [1.82, 2.24) is 35.2 Å². The maximum atomic E-state index is 12.8. The molecule has 0 aliphatic carbocycles.